The van der Waals surface area contributed by atoms with Gasteiger partial charge in [0.05, 0.1) is 32.7 Å². The van der Waals surface area contributed by atoms with E-state index in [9.17, 15) is 9.59 Å². The molecule has 3 aromatic carbocycles. The zero-order chi connectivity index (χ0) is 24.2. The number of ether oxygens (including phenoxy) is 3. The molecular formula is C25H21ClN2O5S. The standard InChI is InChI=1S/C25H21ClN2O5S/c1-31-16-10-13-18(21(14-16)33-3)27-22-23(34-17-11-8-15(26)9-12-17)25(30)28(24(22)29)19-6-4-5-7-20(19)32-2/h4-14,27H,1-3H3. The number of carbonyl (C=O) groups excluding carboxylic acids is 2. The number of hydrogen-bond acceptors (Lipinski definition) is 7. The summed E-state index contributed by atoms with van der Waals surface area (Å²) in [6.07, 6.45) is 0. The van der Waals surface area contributed by atoms with Crippen molar-refractivity contribution in [1.82, 2.24) is 0 Å². The second kappa shape index (κ2) is 10.1. The first-order valence-electron chi connectivity index (χ1n) is 10.2. The Kier molecular flexibility index (Phi) is 7.00. The van der Waals surface area contributed by atoms with Gasteiger partial charge in [0.1, 0.15) is 27.9 Å². The molecule has 0 saturated carbocycles. The van der Waals surface area contributed by atoms with Gasteiger partial charge in [-0.05, 0) is 48.5 Å². The molecule has 0 aromatic heterocycles. The van der Waals surface area contributed by atoms with Gasteiger partial charge < -0.3 is 19.5 Å². The maximum atomic E-state index is 13.6. The number of halogens is 1. The maximum absolute atomic E-state index is 13.6. The summed E-state index contributed by atoms with van der Waals surface area (Å²) in [5.74, 6) is 0.479. The van der Waals surface area contributed by atoms with Crippen molar-refractivity contribution in [2.45, 2.75) is 4.90 Å². The fourth-order valence-corrected chi connectivity index (χ4v) is 4.46. The molecule has 0 unspecified atom stereocenters. The third-order valence-electron chi connectivity index (χ3n) is 5.07. The summed E-state index contributed by atoms with van der Waals surface area (Å²) in [5.41, 5.74) is 0.988. The quantitative estimate of drug-likeness (QED) is 0.421. The van der Waals surface area contributed by atoms with Gasteiger partial charge in [0, 0.05) is 16.0 Å². The van der Waals surface area contributed by atoms with Gasteiger partial charge in [-0.2, -0.15) is 0 Å². The van der Waals surface area contributed by atoms with Crippen molar-refractivity contribution in [3.8, 4) is 17.2 Å². The van der Waals surface area contributed by atoms with Gasteiger partial charge >= 0.3 is 0 Å². The molecule has 1 N–H and O–H groups in total. The third-order valence-corrected chi connectivity index (χ3v) is 6.41. The average molecular weight is 497 g/mol. The second-order valence-corrected chi connectivity index (χ2v) is 8.59. The van der Waals surface area contributed by atoms with Crippen LogP contribution in [-0.4, -0.2) is 33.1 Å². The molecule has 1 aliphatic heterocycles. The third kappa shape index (κ3) is 4.55. The number of anilines is 2. The van der Waals surface area contributed by atoms with E-state index in [-0.39, 0.29) is 10.6 Å². The van der Waals surface area contributed by atoms with Crippen molar-refractivity contribution < 1.29 is 23.8 Å². The predicted octanol–water partition coefficient (Wildman–Crippen LogP) is 5.36. The van der Waals surface area contributed by atoms with Gasteiger partial charge in [-0.3, -0.25) is 9.59 Å². The largest absolute Gasteiger partial charge is 0.497 e. The van der Waals surface area contributed by atoms with Crippen LogP contribution in [0.2, 0.25) is 5.02 Å². The number of amides is 2. The number of nitrogens with zero attached hydrogens (tertiary/aromatic N) is 1. The topological polar surface area (TPSA) is 77.1 Å². The van der Waals surface area contributed by atoms with Crippen LogP contribution in [-0.2, 0) is 9.59 Å². The first-order chi connectivity index (χ1) is 16.5. The number of methoxy groups -OCH3 is 3. The molecule has 1 heterocycles. The van der Waals surface area contributed by atoms with Gasteiger partial charge in [0.25, 0.3) is 11.8 Å². The molecule has 3 aromatic rings. The van der Waals surface area contributed by atoms with Crippen LogP contribution in [0.5, 0.6) is 17.2 Å². The lowest BCUT2D eigenvalue weighted by Crippen LogP contribution is -2.32. The predicted molar refractivity (Wildman–Crippen MR) is 133 cm³/mol. The van der Waals surface area contributed by atoms with Gasteiger partial charge in [0.15, 0.2) is 0 Å². The highest BCUT2D eigenvalue weighted by atomic mass is 35.5. The van der Waals surface area contributed by atoms with Crippen molar-refractivity contribution in [1.29, 1.82) is 0 Å². The molecule has 0 atom stereocenters. The minimum absolute atomic E-state index is 0.124. The molecule has 0 radical (unpaired) electrons. The smallest absolute Gasteiger partial charge is 0.283 e. The highest BCUT2D eigenvalue weighted by Gasteiger charge is 2.41. The average Bonchev–Trinajstić information content (AvgIpc) is 3.09. The molecule has 0 spiro atoms. The van der Waals surface area contributed by atoms with Crippen LogP contribution in [0.25, 0.3) is 0 Å². The highest BCUT2D eigenvalue weighted by Crippen LogP contribution is 2.41. The molecule has 34 heavy (non-hydrogen) atoms. The van der Waals surface area contributed by atoms with Crippen LogP contribution >= 0.6 is 23.4 Å². The van der Waals surface area contributed by atoms with Crippen LogP contribution in [0.3, 0.4) is 0 Å². The lowest BCUT2D eigenvalue weighted by atomic mass is 10.2. The zero-order valence-electron chi connectivity index (χ0n) is 18.6. The van der Waals surface area contributed by atoms with Crippen molar-refractivity contribution in [3.05, 3.63) is 82.4 Å². The zero-order valence-corrected chi connectivity index (χ0v) is 20.2. The van der Waals surface area contributed by atoms with E-state index in [1.165, 1.54) is 26.0 Å². The molecule has 9 heteroatoms. The first kappa shape index (κ1) is 23.5. The summed E-state index contributed by atoms with van der Waals surface area (Å²) in [6, 6.07) is 19.0. The van der Waals surface area contributed by atoms with E-state index in [1.54, 1.807) is 73.8 Å². The van der Waals surface area contributed by atoms with E-state index in [2.05, 4.69) is 5.32 Å². The molecule has 4 rings (SSSR count). The lowest BCUT2D eigenvalue weighted by Gasteiger charge is -2.18. The van der Waals surface area contributed by atoms with Gasteiger partial charge in [-0.1, -0.05) is 35.5 Å². The van der Waals surface area contributed by atoms with Crippen LogP contribution in [0, 0.1) is 0 Å². The summed E-state index contributed by atoms with van der Waals surface area (Å²) < 4.78 is 16.1. The molecular weight excluding hydrogens is 476 g/mol. The van der Waals surface area contributed by atoms with Crippen LogP contribution < -0.4 is 24.4 Å². The molecule has 1 aliphatic rings. The van der Waals surface area contributed by atoms with Gasteiger partial charge in [-0.25, -0.2) is 4.90 Å². The van der Waals surface area contributed by atoms with Crippen molar-refractivity contribution >= 4 is 46.6 Å². The summed E-state index contributed by atoms with van der Waals surface area (Å²) in [4.78, 5) is 29.3. The number of rotatable bonds is 8. The van der Waals surface area contributed by atoms with E-state index in [1.807, 2.05) is 0 Å². The molecule has 0 aliphatic carbocycles. The number of para-hydroxylation sites is 2. The Labute approximate surface area is 206 Å². The van der Waals surface area contributed by atoms with Crippen LogP contribution in [0.15, 0.2) is 82.2 Å². The van der Waals surface area contributed by atoms with E-state index in [0.29, 0.717) is 33.6 Å². The minimum Gasteiger partial charge on any atom is -0.497 e. The molecule has 0 fully saturated rings. The molecule has 0 bridgehead atoms. The Morgan fingerprint density at radius 1 is 0.824 bits per heavy atom. The summed E-state index contributed by atoms with van der Waals surface area (Å²) in [5, 5.41) is 3.68. The first-order valence-corrected chi connectivity index (χ1v) is 11.3. The Hall–Kier alpha value is -3.62. The van der Waals surface area contributed by atoms with Crippen molar-refractivity contribution in [2.24, 2.45) is 0 Å². The van der Waals surface area contributed by atoms with E-state index in [4.69, 9.17) is 25.8 Å². The van der Waals surface area contributed by atoms with E-state index < -0.39 is 11.8 Å². The van der Waals surface area contributed by atoms with Gasteiger partial charge in [-0.15, -0.1) is 0 Å². The second-order valence-electron chi connectivity index (χ2n) is 7.07. The van der Waals surface area contributed by atoms with Crippen molar-refractivity contribution in [3.63, 3.8) is 0 Å². The normalized spacial score (nSPS) is 13.4. The van der Waals surface area contributed by atoms with Crippen molar-refractivity contribution in [2.75, 3.05) is 31.5 Å². The summed E-state index contributed by atoms with van der Waals surface area (Å²) in [6.45, 7) is 0. The highest BCUT2D eigenvalue weighted by molar-refractivity contribution is 8.04. The molecule has 7 nitrogen and oxygen atoms in total. The summed E-state index contributed by atoms with van der Waals surface area (Å²) in [7, 11) is 4.55. The van der Waals surface area contributed by atoms with E-state index >= 15 is 0 Å². The number of carbonyl (C=O) groups is 2. The number of imide groups is 1. The number of nitrogens with one attached hydrogen (secondary N) is 1. The molecule has 0 saturated heterocycles. The van der Waals surface area contributed by atoms with Crippen LogP contribution in [0.4, 0.5) is 11.4 Å². The van der Waals surface area contributed by atoms with Gasteiger partial charge in [0.2, 0.25) is 0 Å². The maximum Gasteiger partial charge on any atom is 0.283 e. The monoisotopic (exact) mass is 496 g/mol. The lowest BCUT2D eigenvalue weighted by molar-refractivity contribution is -0.120. The number of benzene rings is 3. The number of thioether (sulfide) groups is 1. The molecule has 2 amide bonds. The Morgan fingerprint density at radius 2 is 1.53 bits per heavy atom. The SMILES string of the molecule is COc1ccc(NC2=C(Sc3ccc(Cl)cc3)C(=O)N(c3ccccc3OC)C2=O)c(OC)c1. The Balaban J connectivity index is 1.79. The summed E-state index contributed by atoms with van der Waals surface area (Å²) >= 11 is 7.18. The van der Waals surface area contributed by atoms with Crippen LogP contribution in [0.1, 0.15) is 0 Å². The minimum atomic E-state index is -0.510. The van der Waals surface area contributed by atoms with E-state index in [0.717, 1.165) is 9.80 Å². The molecule has 174 valence electrons. The Bertz CT molecular complexity index is 1280. The number of hydrogen-bond donors (Lipinski definition) is 1. The fraction of sp³-hybridized carbons (Fsp3) is 0.120. The fourth-order valence-electron chi connectivity index (χ4n) is 3.40. The Morgan fingerprint density at radius 3 is 2.21 bits per heavy atom.